The number of urea groups is 1. The van der Waals surface area contributed by atoms with E-state index < -0.39 is 12.0 Å². The van der Waals surface area contributed by atoms with Crippen molar-refractivity contribution >= 4 is 12.0 Å². The van der Waals surface area contributed by atoms with E-state index in [2.05, 4.69) is 35.0 Å². The van der Waals surface area contributed by atoms with Crippen LogP contribution >= 0.6 is 0 Å². The molecule has 124 valence electrons. The zero-order chi connectivity index (χ0) is 16.2. The summed E-state index contributed by atoms with van der Waals surface area (Å²) in [5, 5.41) is 17.1. The normalized spacial score (nSPS) is 31.9. The standard InChI is InChI=1S/C16H27N3O3/c1-11-4-3-7-16(11)8-5-12(6-9-16)19-15(22)18-10-13(17-2)14(20)21/h3,7,11-13,17H,4-6,8-10H2,1-2H3,(H,20,21)(H2,18,19,22). The lowest BCUT2D eigenvalue weighted by Gasteiger charge is -2.40. The molecule has 2 rings (SSSR count). The molecule has 0 aromatic rings. The Morgan fingerprint density at radius 1 is 1.36 bits per heavy atom. The monoisotopic (exact) mass is 309 g/mol. The summed E-state index contributed by atoms with van der Waals surface area (Å²) >= 11 is 0. The van der Waals surface area contributed by atoms with Crippen molar-refractivity contribution in [3.05, 3.63) is 12.2 Å². The molecule has 0 aliphatic heterocycles. The Morgan fingerprint density at radius 2 is 2.05 bits per heavy atom. The predicted octanol–water partition coefficient (Wildman–Crippen LogP) is 1.48. The Morgan fingerprint density at radius 3 is 2.55 bits per heavy atom. The minimum atomic E-state index is -0.968. The Kier molecular flexibility index (Phi) is 5.45. The van der Waals surface area contributed by atoms with Crippen LogP contribution in [0.25, 0.3) is 0 Å². The van der Waals surface area contributed by atoms with Crippen molar-refractivity contribution in [3.8, 4) is 0 Å². The topological polar surface area (TPSA) is 90.5 Å². The highest BCUT2D eigenvalue weighted by atomic mass is 16.4. The highest BCUT2D eigenvalue weighted by Crippen LogP contribution is 2.48. The summed E-state index contributed by atoms with van der Waals surface area (Å²) in [6.07, 6.45) is 10.0. The number of hydrogen-bond acceptors (Lipinski definition) is 3. The van der Waals surface area contributed by atoms with Gasteiger partial charge in [0.05, 0.1) is 0 Å². The molecule has 6 heteroatoms. The summed E-state index contributed by atoms with van der Waals surface area (Å²) in [5.41, 5.74) is 0.342. The van der Waals surface area contributed by atoms with Crippen LogP contribution in [0.15, 0.2) is 12.2 Å². The van der Waals surface area contributed by atoms with Gasteiger partial charge in [0.15, 0.2) is 0 Å². The largest absolute Gasteiger partial charge is 0.480 e. The number of carboxylic acid groups (broad SMARTS) is 1. The molecule has 4 N–H and O–H groups in total. The number of allylic oxidation sites excluding steroid dienone is 2. The van der Waals surface area contributed by atoms with Crippen molar-refractivity contribution in [3.63, 3.8) is 0 Å². The number of aliphatic carboxylic acids is 1. The van der Waals surface area contributed by atoms with Crippen LogP contribution in [0.1, 0.15) is 39.0 Å². The van der Waals surface area contributed by atoms with Gasteiger partial charge in [0, 0.05) is 12.6 Å². The molecule has 0 radical (unpaired) electrons. The van der Waals surface area contributed by atoms with Gasteiger partial charge in [-0.05, 0) is 50.5 Å². The third kappa shape index (κ3) is 3.80. The van der Waals surface area contributed by atoms with Gasteiger partial charge in [0.1, 0.15) is 6.04 Å². The van der Waals surface area contributed by atoms with Gasteiger partial charge in [-0.3, -0.25) is 4.79 Å². The van der Waals surface area contributed by atoms with Crippen molar-refractivity contribution in [1.82, 2.24) is 16.0 Å². The molecule has 0 aromatic heterocycles. The predicted molar refractivity (Wildman–Crippen MR) is 84.6 cm³/mol. The highest BCUT2D eigenvalue weighted by molar-refractivity contribution is 5.77. The van der Waals surface area contributed by atoms with Crippen molar-refractivity contribution in [1.29, 1.82) is 0 Å². The first kappa shape index (κ1) is 16.8. The second-order valence-electron chi connectivity index (χ2n) is 6.58. The van der Waals surface area contributed by atoms with Crippen LogP contribution < -0.4 is 16.0 Å². The van der Waals surface area contributed by atoms with Gasteiger partial charge < -0.3 is 21.1 Å². The molecule has 22 heavy (non-hydrogen) atoms. The van der Waals surface area contributed by atoms with Gasteiger partial charge in [-0.25, -0.2) is 4.79 Å². The van der Waals surface area contributed by atoms with Crippen LogP contribution in [-0.4, -0.2) is 42.8 Å². The first-order valence-corrected chi connectivity index (χ1v) is 8.09. The number of carboxylic acids is 1. The van der Waals surface area contributed by atoms with Crippen LogP contribution in [0.2, 0.25) is 0 Å². The number of carbonyl (C=O) groups excluding carboxylic acids is 1. The van der Waals surface area contributed by atoms with E-state index in [0.29, 0.717) is 11.3 Å². The van der Waals surface area contributed by atoms with Gasteiger partial charge in [-0.2, -0.15) is 0 Å². The lowest BCUT2D eigenvalue weighted by atomic mass is 9.67. The molecule has 2 aliphatic rings. The SMILES string of the molecule is CNC(CNC(=O)NC1CCC2(C=CCC2C)CC1)C(=O)O. The quantitative estimate of drug-likeness (QED) is 0.579. The second-order valence-corrected chi connectivity index (χ2v) is 6.58. The lowest BCUT2D eigenvalue weighted by Crippen LogP contribution is -2.50. The summed E-state index contributed by atoms with van der Waals surface area (Å²) in [5.74, 6) is -0.265. The van der Waals surface area contributed by atoms with Crippen LogP contribution in [0.3, 0.4) is 0 Å². The van der Waals surface area contributed by atoms with Gasteiger partial charge in [0.25, 0.3) is 0 Å². The minimum Gasteiger partial charge on any atom is -0.480 e. The summed E-state index contributed by atoms with van der Waals surface area (Å²) in [6, 6.07) is -0.855. The highest BCUT2D eigenvalue weighted by Gasteiger charge is 2.39. The Bertz CT molecular complexity index is 442. The Labute approximate surface area is 131 Å². The fourth-order valence-corrected chi connectivity index (χ4v) is 3.61. The molecule has 0 saturated heterocycles. The third-order valence-corrected chi connectivity index (χ3v) is 5.29. The molecule has 2 aliphatic carbocycles. The summed E-state index contributed by atoms with van der Waals surface area (Å²) in [4.78, 5) is 22.7. The van der Waals surface area contributed by atoms with E-state index in [1.807, 2.05) is 0 Å². The molecule has 1 fully saturated rings. The van der Waals surface area contributed by atoms with Gasteiger partial charge in [-0.1, -0.05) is 19.1 Å². The van der Waals surface area contributed by atoms with Crippen LogP contribution in [0.4, 0.5) is 4.79 Å². The van der Waals surface area contributed by atoms with Gasteiger partial charge in [-0.15, -0.1) is 0 Å². The minimum absolute atomic E-state index is 0.0775. The number of likely N-dealkylation sites (N-methyl/N-ethyl adjacent to an activating group) is 1. The number of nitrogens with one attached hydrogen (secondary N) is 3. The van der Waals surface area contributed by atoms with Crippen LogP contribution in [-0.2, 0) is 4.79 Å². The van der Waals surface area contributed by atoms with E-state index in [9.17, 15) is 9.59 Å². The molecule has 6 nitrogen and oxygen atoms in total. The number of rotatable bonds is 5. The van der Waals surface area contributed by atoms with Crippen molar-refractivity contribution in [2.45, 2.75) is 51.1 Å². The molecule has 2 unspecified atom stereocenters. The summed E-state index contributed by atoms with van der Waals surface area (Å²) in [7, 11) is 1.56. The lowest BCUT2D eigenvalue weighted by molar-refractivity contribution is -0.139. The van der Waals surface area contributed by atoms with E-state index in [4.69, 9.17) is 5.11 Å². The van der Waals surface area contributed by atoms with E-state index >= 15 is 0 Å². The average molecular weight is 309 g/mol. The number of amides is 2. The third-order valence-electron chi connectivity index (χ3n) is 5.29. The smallest absolute Gasteiger partial charge is 0.322 e. The molecule has 0 bridgehead atoms. The number of carbonyl (C=O) groups is 2. The first-order chi connectivity index (χ1) is 10.5. The van der Waals surface area contributed by atoms with E-state index in [1.165, 1.54) is 6.42 Å². The summed E-state index contributed by atoms with van der Waals surface area (Å²) < 4.78 is 0. The fourth-order valence-electron chi connectivity index (χ4n) is 3.61. The maximum atomic E-state index is 11.9. The summed E-state index contributed by atoms with van der Waals surface area (Å²) in [6.45, 7) is 2.39. The van der Waals surface area contributed by atoms with Gasteiger partial charge >= 0.3 is 12.0 Å². The maximum absolute atomic E-state index is 11.9. The second kappa shape index (κ2) is 7.13. The fraction of sp³-hybridized carbons (Fsp3) is 0.750. The van der Waals surface area contributed by atoms with Crippen LogP contribution in [0.5, 0.6) is 0 Å². The Hall–Kier alpha value is -1.56. The van der Waals surface area contributed by atoms with Gasteiger partial charge in [0.2, 0.25) is 0 Å². The molecule has 0 aromatic carbocycles. The van der Waals surface area contributed by atoms with E-state index in [-0.39, 0.29) is 18.6 Å². The van der Waals surface area contributed by atoms with Crippen molar-refractivity contribution in [2.75, 3.05) is 13.6 Å². The van der Waals surface area contributed by atoms with Crippen molar-refractivity contribution in [2.24, 2.45) is 11.3 Å². The average Bonchev–Trinajstić information content (AvgIpc) is 2.83. The maximum Gasteiger partial charge on any atom is 0.322 e. The molecular formula is C16H27N3O3. The number of hydrogen-bond donors (Lipinski definition) is 4. The van der Waals surface area contributed by atoms with E-state index in [0.717, 1.165) is 25.7 Å². The first-order valence-electron chi connectivity index (χ1n) is 8.09. The molecule has 1 saturated carbocycles. The zero-order valence-electron chi connectivity index (χ0n) is 13.4. The molecular weight excluding hydrogens is 282 g/mol. The zero-order valence-corrected chi connectivity index (χ0v) is 13.4. The Balaban J connectivity index is 1.73. The van der Waals surface area contributed by atoms with Crippen LogP contribution in [0, 0.1) is 11.3 Å². The molecule has 2 atom stereocenters. The van der Waals surface area contributed by atoms with E-state index in [1.54, 1.807) is 7.05 Å². The molecule has 1 spiro atoms. The molecule has 2 amide bonds. The van der Waals surface area contributed by atoms with Crippen molar-refractivity contribution < 1.29 is 14.7 Å². The molecule has 0 heterocycles.